The molecule has 0 amide bonds. The van der Waals surface area contributed by atoms with Crippen molar-refractivity contribution >= 4 is 43.5 Å². The summed E-state index contributed by atoms with van der Waals surface area (Å²) in [4.78, 5) is 44.8. The van der Waals surface area contributed by atoms with Gasteiger partial charge in [0.05, 0.1) is 52.1 Å². The van der Waals surface area contributed by atoms with Crippen LogP contribution in [0.1, 0.15) is 53.0 Å². The number of halogens is 1. The topological polar surface area (TPSA) is 122 Å². The number of aromatic carboxylic acids is 1. The van der Waals surface area contributed by atoms with Crippen LogP contribution < -0.4 is 16.0 Å². The van der Waals surface area contributed by atoms with E-state index in [2.05, 4.69) is 20.9 Å². The Morgan fingerprint density at radius 3 is 2.68 bits per heavy atom. The number of benzene rings is 1. The standard InChI is InChI=1S/C29H30BrN3O7S/c1-4-21-20(28(35)36)13-17(14-31-21)33-26(34)24-16(2)25(30)41-27(24)32(29(33)37)15-23(40-18-9-11-39-12-10-18)19-7-5-6-8-22(19)38-3/h5-8,13-14,18,23H,4,9-12,15H2,1-3H3,(H,35,36)/t23-/m0/s1. The predicted octanol–water partition coefficient (Wildman–Crippen LogP) is 4.89. The Hall–Kier alpha value is -3.32. The fourth-order valence-electron chi connectivity index (χ4n) is 5.14. The molecule has 10 nitrogen and oxygen atoms in total. The molecule has 0 unspecified atom stereocenters. The largest absolute Gasteiger partial charge is 0.496 e. The third-order valence-electron chi connectivity index (χ3n) is 7.29. The van der Waals surface area contributed by atoms with Gasteiger partial charge in [0.15, 0.2) is 0 Å². The summed E-state index contributed by atoms with van der Waals surface area (Å²) in [5.41, 5.74) is 0.705. The fourth-order valence-corrected chi connectivity index (χ4v) is 6.82. The molecule has 0 radical (unpaired) electrons. The van der Waals surface area contributed by atoms with Crippen LogP contribution >= 0.6 is 27.3 Å². The van der Waals surface area contributed by atoms with Crippen molar-refractivity contribution in [1.29, 1.82) is 0 Å². The smallest absolute Gasteiger partial charge is 0.337 e. The minimum Gasteiger partial charge on any atom is -0.496 e. The lowest BCUT2D eigenvalue weighted by atomic mass is 10.1. The number of fused-ring (bicyclic) bond motifs is 1. The summed E-state index contributed by atoms with van der Waals surface area (Å²) >= 11 is 4.84. The third kappa shape index (κ3) is 5.61. The van der Waals surface area contributed by atoms with Crippen molar-refractivity contribution in [3.8, 4) is 11.4 Å². The van der Waals surface area contributed by atoms with Gasteiger partial charge in [-0.05, 0) is 59.8 Å². The van der Waals surface area contributed by atoms with E-state index in [-0.39, 0.29) is 23.9 Å². The average molecular weight is 645 g/mol. The van der Waals surface area contributed by atoms with E-state index in [9.17, 15) is 19.5 Å². The number of hydrogen-bond acceptors (Lipinski definition) is 8. The molecule has 1 aliphatic rings. The van der Waals surface area contributed by atoms with Crippen LogP contribution in [0.25, 0.3) is 15.9 Å². The van der Waals surface area contributed by atoms with Gasteiger partial charge in [-0.3, -0.25) is 14.3 Å². The Morgan fingerprint density at radius 2 is 2.00 bits per heavy atom. The monoisotopic (exact) mass is 643 g/mol. The first-order chi connectivity index (χ1) is 19.7. The number of hydrogen-bond donors (Lipinski definition) is 1. The van der Waals surface area contributed by atoms with Gasteiger partial charge >= 0.3 is 11.7 Å². The van der Waals surface area contributed by atoms with E-state index in [0.29, 0.717) is 59.7 Å². The van der Waals surface area contributed by atoms with E-state index in [1.807, 2.05) is 24.3 Å². The van der Waals surface area contributed by atoms with Gasteiger partial charge < -0.3 is 19.3 Å². The molecule has 1 aromatic carbocycles. The highest BCUT2D eigenvalue weighted by atomic mass is 79.9. The molecule has 0 aliphatic carbocycles. The second-order valence-electron chi connectivity index (χ2n) is 9.74. The molecule has 1 atom stereocenters. The molecule has 4 heterocycles. The van der Waals surface area contributed by atoms with Crippen LogP contribution in [0.5, 0.6) is 5.75 Å². The summed E-state index contributed by atoms with van der Waals surface area (Å²) in [6.45, 7) is 4.86. The number of carboxylic acids is 1. The maximum atomic E-state index is 14.2. The van der Waals surface area contributed by atoms with E-state index in [0.717, 1.165) is 13.9 Å². The number of nitrogens with zero attached hydrogens (tertiary/aromatic N) is 3. The lowest BCUT2D eigenvalue weighted by Crippen LogP contribution is -2.40. The number of carbonyl (C=O) groups is 1. The first-order valence-electron chi connectivity index (χ1n) is 13.3. The number of carboxylic acid groups (broad SMARTS) is 1. The Bertz CT molecular complexity index is 1720. The lowest BCUT2D eigenvalue weighted by molar-refractivity contribution is -0.0752. The van der Waals surface area contributed by atoms with Crippen LogP contribution in [0.2, 0.25) is 0 Å². The summed E-state index contributed by atoms with van der Waals surface area (Å²) in [6.07, 6.45) is 2.52. The zero-order valence-electron chi connectivity index (χ0n) is 22.9. The molecule has 0 saturated carbocycles. The highest BCUT2D eigenvalue weighted by molar-refractivity contribution is 9.11. The van der Waals surface area contributed by atoms with Crippen molar-refractivity contribution in [2.45, 2.75) is 51.9 Å². The van der Waals surface area contributed by atoms with Crippen molar-refractivity contribution in [3.05, 3.63) is 83.5 Å². The zero-order chi connectivity index (χ0) is 29.3. The first kappa shape index (κ1) is 29.2. The highest BCUT2D eigenvalue weighted by Gasteiger charge is 2.28. The summed E-state index contributed by atoms with van der Waals surface area (Å²) in [5.74, 6) is -0.558. The van der Waals surface area contributed by atoms with Gasteiger partial charge in [-0.2, -0.15) is 0 Å². The molecule has 12 heteroatoms. The second-order valence-corrected chi connectivity index (χ2v) is 12.1. The normalized spacial score (nSPS) is 14.8. The second kappa shape index (κ2) is 12.3. The van der Waals surface area contributed by atoms with Gasteiger partial charge in [0, 0.05) is 18.8 Å². The van der Waals surface area contributed by atoms with Gasteiger partial charge in [-0.25, -0.2) is 14.2 Å². The van der Waals surface area contributed by atoms with Crippen LogP contribution in [0.3, 0.4) is 0 Å². The van der Waals surface area contributed by atoms with Gasteiger partial charge in [-0.15, -0.1) is 11.3 Å². The summed E-state index contributed by atoms with van der Waals surface area (Å²) in [7, 11) is 1.58. The van der Waals surface area contributed by atoms with Crippen LogP contribution in [-0.4, -0.2) is 51.6 Å². The fraction of sp³-hybridized carbons (Fsp3) is 0.379. The van der Waals surface area contributed by atoms with E-state index in [1.165, 1.54) is 28.2 Å². The molecular weight excluding hydrogens is 614 g/mol. The molecule has 0 spiro atoms. The predicted molar refractivity (Wildman–Crippen MR) is 159 cm³/mol. The number of aryl methyl sites for hydroxylation is 2. The molecule has 1 fully saturated rings. The lowest BCUT2D eigenvalue weighted by Gasteiger charge is -2.29. The number of aromatic nitrogens is 3. The Kier molecular flexibility index (Phi) is 8.74. The first-order valence-corrected chi connectivity index (χ1v) is 14.9. The van der Waals surface area contributed by atoms with Crippen LogP contribution in [0, 0.1) is 6.92 Å². The summed E-state index contributed by atoms with van der Waals surface area (Å²) < 4.78 is 21.0. The molecular formula is C29H30BrN3O7S. The molecule has 41 heavy (non-hydrogen) atoms. The summed E-state index contributed by atoms with van der Waals surface area (Å²) in [6, 6.07) is 8.83. The maximum Gasteiger partial charge on any atom is 0.337 e. The Labute approximate surface area is 248 Å². The number of methoxy groups -OCH3 is 1. The van der Waals surface area contributed by atoms with Gasteiger partial charge in [0.1, 0.15) is 16.7 Å². The van der Waals surface area contributed by atoms with E-state index >= 15 is 0 Å². The summed E-state index contributed by atoms with van der Waals surface area (Å²) in [5, 5.41) is 10.1. The van der Waals surface area contributed by atoms with E-state index in [4.69, 9.17) is 14.2 Å². The molecule has 4 aromatic rings. The molecule has 216 valence electrons. The molecule has 3 aromatic heterocycles. The highest BCUT2D eigenvalue weighted by Crippen LogP contribution is 2.35. The molecule has 0 bridgehead atoms. The molecule has 1 N–H and O–H groups in total. The Morgan fingerprint density at radius 1 is 1.27 bits per heavy atom. The van der Waals surface area contributed by atoms with Gasteiger partial charge in [0.2, 0.25) is 0 Å². The Balaban J connectivity index is 1.73. The number of rotatable bonds is 9. The third-order valence-corrected chi connectivity index (χ3v) is 9.48. The maximum absolute atomic E-state index is 14.2. The van der Waals surface area contributed by atoms with E-state index < -0.39 is 23.3 Å². The van der Waals surface area contributed by atoms with Crippen molar-refractivity contribution < 1.29 is 24.1 Å². The zero-order valence-corrected chi connectivity index (χ0v) is 25.3. The average Bonchev–Trinajstić information content (AvgIpc) is 3.28. The van der Waals surface area contributed by atoms with Gasteiger partial charge in [0.25, 0.3) is 5.56 Å². The molecule has 1 aliphatic heterocycles. The number of para-hydroxylation sites is 1. The van der Waals surface area contributed by atoms with E-state index in [1.54, 1.807) is 21.0 Å². The molecule has 5 rings (SSSR count). The van der Waals surface area contributed by atoms with Crippen molar-refractivity contribution in [2.24, 2.45) is 0 Å². The molecule has 1 saturated heterocycles. The quantitative estimate of drug-likeness (QED) is 0.274. The minimum absolute atomic E-state index is 0.0547. The van der Waals surface area contributed by atoms with Gasteiger partial charge in [-0.1, -0.05) is 25.1 Å². The number of thiophene rings is 1. The van der Waals surface area contributed by atoms with Crippen LogP contribution in [-0.2, 0) is 22.4 Å². The van der Waals surface area contributed by atoms with Crippen molar-refractivity contribution in [1.82, 2.24) is 14.1 Å². The van der Waals surface area contributed by atoms with Crippen LogP contribution in [0.4, 0.5) is 0 Å². The SMILES string of the molecule is CCc1ncc(-n2c(=O)c3c(C)c(Br)sc3n(C[C@H](OC3CCOCC3)c3ccccc3OC)c2=O)cc1C(=O)O. The minimum atomic E-state index is -1.18. The van der Waals surface area contributed by atoms with Crippen molar-refractivity contribution in [2.75, 3.05) is 20.3 Å². The van der Waals surface area contributed by atoms with Crippen LogP contribution in [0.15, 0.2) is 49.9 Å². The number of pyridine rings is 1. The van der Waals surface area contributed by atoms with Crippen molar-refractivity contribution in [3.63, 3.8) is 0 Å². The number of ether oxygens (including phenoxy) is 3.